The van der Waals surface area contributed by atoms with Crippen LogP contribution in [0.25, 0.3) is 11.0 Å². The minimum Gasteiger partial charge on any atom is -0.459 e. The molecule has 3 aromatic rings. The van der Waals surface area contributed by atoms with Crippen LogP contribution in [0.15, 0.2) is 38.1 Å². The van der Waals surface area contributed by atoms with Crippen molar-refractivity contribution >= 4 is 23.2 Å². The number of nitrogens with one attached hydrogen (secondary N) is 1. The SMILES string of the molecule is Cc1cccc2cc([C@@H]3C4N=CNC4CCN3C(=O)c3oc(C(C)(C)O)nc3C(F)F)oc12. The van der Waals surface area contributed by atoms with Gasteiger partial charge >= 0.3 is 0 Å². The van der Waals surface area contributed by atoms with Crippen molar-refractivity contribution in [3.8, 4) is 0 Å². The number of aliphatic hydroxyl groups is 1. The Balaban J connectivity index is 1.60. The van der Waals surface area contributed by atoms with Crippen LogP contribution in [-0.4, -0.2) is 45.9 Å². The van der Waals surface area contributed by atoms with Crippen LogP contribution in [0.1, 0.15) is 66.2 Å². The third-order valence-electron chi connectivity index (χ3n) is 6.18. The van der Waals surface area contributed by atoms with Gasteiger partial charge in [0.25, 0.3) is 12.3 Å². The average Bonchev–Trinajstić information content (AvgIpc) is 3.49. The molecule has 1 saturated heterocycles. The highest BCUT2D eigenvalue weighted by molar-refractivity contribution is 5.93. The first-order chi connectivity index (χ1) is 15.6. The summed E-state index contributed by atoms with van der Waals surface area (Å²) >= 11 is 0. The number of carbonyl (C=O) groups excluding carboxylic acids is 1. The summed E-state index contributed by atoms with van der Waals surface area (Å²) in [6, 6.07) is 6.63. The summed E-state index contributed by atoms with van der Waals surface area (Å²) in [5.74, 6) is -1.14. The molecule has 174 valence electrons. The van der Waals surface area contributed by atoms with Gasteiger partial charge in [-0.15, -0.1) is 0 Å². The monoisotopic (exact) mass is 458 g/mol. The van der Waals surface area contributed by atoms with Crippen LogP contribution in [0.4, 0.5) is 8.78 Å². The number of hydrogen-bond donors (Lipinski definition) is 2. The van der Waals surface area contributed by atoms with E-state index >= 15 is 0 Å². The van der Waals surface area contributed by atoms with Crippen LogP contribution in [-0.2, 0) is 5.60 Å². The second-order valence-electron chi connectivity index (χ2n) is 9.01. The molecule has 0 spiro atoms. The predicted molar refractivity (Wildman–Crippen MR) is 115 cm³/mol. The highest BCUT2D eigenvalue weighted by atomic mass is 19.3. The van der Waals surface area contributed by atoms with Gasteiger partial charge in [-0.1, -0.05) is 18.2 Å². The molecule has 0 aliphatic carbocycles. The van der Waals surface area contributed by atoms with Crippen LogP contribution in [0.5, 0.6) is 0 Å². The number of alkyl halides is 2. The maximum absolute atomic E-state index is 13.7. The van der Waals surface area contributed by atoms with E-state index in [9.17, 15) is 18.7 Å². The number of benzene rings is 1. The Morgan fingerprint density at radius 2 is 2.12 bits per heavy atom. The molecular weight excluding hydrogens is 434 g/mol. The Bertz CT molecular complexity index is 1240. The smallest absolute Gasteiger partial charge is 0.292 e. The fourth-order valence-corrected chi connectivity index (χ4v) is 4.53. The molecule has 8 nitrogen and oxygen atoms in total. The molecule has 3 atom stereocenters. The first kappa shape index (κ1) is 21.6. The van der Waals surface area contributed by atoms with Gasteiger partial charge < -0.3 is 24.2 Å². The molecule has 1 amide bonds. The maximum atomic E-state index is 13.7. The quantitative estimate of drug-likeness (QED) is 0.616. The van der Waals surface area contributed by atoms with Crippen molar-refractivity contribution in [3.63, 3.8) is 0 Å². The zero-order valence-corrected chi connectivity index (χ0v) is 18.4. The van der Waals surface area contributed by atoms with Crippen molar-refractivity contribution in [1.82, 2.24) is 15.2 Å². The van der Waals surface area contributed by atoms with Gasteiger partial charge in [0.2, 0.25) is 11.7 Å². The van der Waals surface area contributed by atoms with Gasteiger partial charge in [0.15, 0.2) is 5.69 Å². The number of oxazole rings is 1. The molecule has 2 unspecified atom stereocenters. The van der Waals surface area contributed by atoms with Gasteiger partial charge in [-0.05, 0) is 38.8 Å². The molecule has 0 saturated carbocycles. The Labute approximate surface area is 188 Å². The van der Waals surface area contributed by atoms with Crippen molar-refractivity contribution in [3.05, 3.63) is 52.9 Å². The molecule has 2 aliphatic heterocycles. The number of furan rings is 1. The number of likely N-dealkylation sites (tertiary alicyclic amines) is 1. The lowest BCUT2D eigenvalue weighted by Crippen LogP contribution is -2.52. The van der Waals surface area contributed by atoms with Gasteiger partial charge in [0.05, 0.1) is 18.4 Å². The lowest BCUT2D eigenvalue weighted by Gasteiger charge is -2.40. The van der Waals surface area contributed by atoms with Crippen molar-refractivity contribution in [2.45, 2.75) is 57.3 Å². The topological polar surface area (TPSA) is 104 Å². The molecule has 10 heteroatoms. The van der Waals surface area contributed by atoms with E-state index in [-0.39, 0.29) is 24.5 Å². The van der Waals surface area contributed by atoms with Gasteiger partial charge in [0, 0.05) is 11.9 Å². The van der Waals surface area contributed by atoms with Gasteiger partial charge in [0.1, 0.15) is 23.0 Å². The average molecular weight is 458 g/mol. The van der Waals surface area contributed by atoms with E-state index in [0.29, 0.717) is 17.8 Å². The van der Waals surface area contributed by atoms with Crippen molar-refractivity contribution in [1.29, 1.82) is 0 Å². The van der Waals surface area contributed by atoms with Crippen LogP contribution < -0.4 is 5.32 Å². The maximum Gasteiger partial charge on any atom is 0.292 e. The zero-order chi connectivity index (χ0) is 23.5. The van der Waals surface area contributed by atoms with Crippen LogP contribution >= 0.6 is 0 Å². The highest BCUT2D eigenvalue weighted by Crippen LogP contribution is 2.40. The molecular formula is C23H24F2N4O4. The Morgan fingerprint density at radius 3 is 2.82 bits per heavy atom. The molecule has 2 aliphatic rings. The normalized spacial score (nSPS) is 22.8. The fourth-order valence-electron chi connectivity index (χ4n) is 4.53. The molecule has 4 heterocycles. The number of aliphatic imine (C=N–C) groups is 1. The second kappa shape index (κ2) is 7.65. The standard InChI is InChI=1S/C23H24F2N4O4/c1-11-5-4-6-12-9-14(32-18(11)12)17-15-13(26-10-27-15)7-8-29(17)21(30)19-16(20(24)25)28-22(33-19)23(2,3)31/h4-6,9-10,13,15,17,20,31H,7-8H2,1-3H3,(H,26,27)/t13?,15?,17-/m1/s1. The number of aromatic nitrogens is 1. The van der Waals surface area contributed by atoms with Crippen molar-refractivity contribution < 1.29 is 27.5 Å². The Kier molecular flexibility index (Phi) is 5.00. The number of rotatable bonds is 4. The third-order valence-corrected chi connectivity index (χ3v) is 6.18. The minimum absolute atomic E-state index is 0.00964. The minimum atomic E-state index is -3.04. The molecule has 1 fully saturated rings. The van der Waals surface area contributed by atoms with E-state index in [4.69, 9.17) is 8.83 Å². The number of para-hydroxylation sites is 1. The van der Waals surface area contributed by atoms with Crippen LogP contribution in [0.3, 0.4) is 0 Å². The van der Waals surface area contributed by atoms with E-state index in [1.54, 1.807) is 6.34 Å². The lowest BCUT2D eigenvalue weighted by molar-refractivity contribution is 0.0389. The molecule has 2 aromatic heterocycles. The third kappa shape index (κ3) is 3.58. The van der Waals surface area contributed by atoms with Crippen LogP contribution in [0, 0.1) is 6.92 Å². The van der Waals surface area contributed by atoms with Crippen molar-refractivity contribution in [2.24, 2.45) is 4.99 Å². The molecule has 33 heavy (non-hydrogen) atoms. The van der Waals surface area contributed by atoms with Crippen LogP contribution in [0.2, 0.25) is 0 Å². The Morgan fingerprint density at radius 1 is 1.33 bits per heavy atom. The van der Waals surface area contributed by atoms with E-state index < -0.39 is 35.4 Å². The van der Waals surface area contributed by atoms with E-state index in [0.717, 1.165) is 10.9 Å². The molecule has 1 aromatic carbocycles. The number of amides is 1. The number of piperidine rings is 1. The molecule has 5 rings (SSSR count). The molecule has 2 N–H and O–H groups in total. The number of fused-ring (bicyclic) bond motifs is 2. The number of nitrogens with zero attached hydrogens (tertiary/aromatic N) is 3. The number of carbonyl (C=O) groups is 1. The summed E-state index contributed by atoms with van der Waals surface area (Å²) < 4.78 is 39.1. The van der Waals surface area contributed by atoms with Gasteiger partial charge in [-0.2, -0.15) is 0 Å². The van der Waals surface area contributed by atoms with Crippen molar-refractivity contribution in [2.75, 3.05) is 6.54 Å². The molecule has 0 bridgehead atoms. The van der Waals surface area contributed by atoms with Gasteiger partial charge in [-0.3, -0.25) is 9.79 Å². The first-order valence-corrected chi connectivity index (χ1v) is 10.7. The molecule has 0 radical (unpaired) electrons. The predicted octanol–water partition coefficient (Wildman–Crippen LogP) is 3.85. The summed E-state index contributed by atoms with van der Waals surface area (Å²) in [6.45, 7) is 4.91. The summed E-state index contributed by atoms with van der Waals surface area (Å²) in [5.41, 5.74) is -0.757. The highest BCUT2D eigenvalue weighted by Gasteiger charge is 2.46. The number of aryl methyl sites for hydroxylation is 1. The summed E-state index contributed by atoms with van der Waals surface area (Å²) in [5, 5.41) is 14.3. The lowest BCUT2D eigenvalue weighted by atomic mass is 9.90. The first-order valence-electron chi connectivity index (χ1n) is 10.7. The van der Waals surface area contributed by atoms with Gasteiger partial charge in [-0.25, -0.2) is 13.8 Å². The summed E-state index contributed by atoms with van der Waals surface area (Å²) in [7, 11) is 0. The summed E-state index contributed by atoms with van der Waals surface area (Å²) in [4.78, 5) is 23.3. The number of halogens is 2. The fraction of sp³-hybridized carbons (Fsp3) is 0.435. The van der Waals surface area contributed by atoms with E-state index in [2.05, 4.69) is 15.3 Å². The largest absolute Gasteiger partial charge is 0.459 e. The number of hydrogen-bond acceptors (Lipinski definition) is 7. The summed E-state index contributed by atoms with van der Waals surface area (Å²) in [6.07, 6.45) is -0.863. The second-order valence-corrected chi connectivity index (χ2v) is 9.01. The zero-order valence-electron chi connectivity index (χ0n) is 18.4. The van der Waals surface area contributed by atoms with E-state index in [1.165, 1.54) is 18.7 Å². The van der Waals surface area contributed by atoms with E-state index in [1.807, 2.05) is 31.2 Å². The Hall–Kier alpha value is -3.27.